The molecule has 0 fully saturated rings. The van der Waals surface area contributed by atoms with Gasteiger partial charge in [-0.05, 0) is 46.9 Å². The molecule has 0 aliphatic carbocycles. The first kappa shape index (κ1) is 13.4. The number of aromatic nitrogens is 4. The highest BCUT2D eigenvalue weighted by atomic mass is 127. The standard InChI is InChI=1S/C11H8FIN6/c1-6-8(12)2-3-9(10(6)13)15-5-7(4-14)11-16-18-19-17-11/h2-3,5,15H,1H3,(H,16,17,18,19). The van der Waals surface area contributed by atoms with E-state index in [4.69, 9.17) is 5.26 Å². The largest absolute Gasteiger partial charge is 0.359 e. The lowest BCUT2D eigenvalue weighted by atomic mass is 10.2. The highest BCUT2D eigenvalue weighted by molar-refractivity contribution is 14.1. The van der Waals surface area contributed by atoms with Crippen molar-refractivity contribution in [3.8, 4) is 6.07 Å². The van der Waals surface area contributed by atoms with E-state index in [1.165, 1.54) is 12.3 Å². The van der Waals surface area contributed by atoms with Crippen molar-refractivity contribution in [3.05, 3.63) is 39.1 Å². The minimum absolute atomic E-state index is 0.198. The van der Waals surface area contributed by atoms with Gasteiger partial charge in [-0.15, -0.1) is 10.2 Å². The molecule has 1 aromatic heterocycles. The van der Waals surface area contributed by atoms with Crippen LogP contribution in [-0.2, 0) is 0 Å². The quantitative estimate of drug-likeness (QED) is 0.639. The van der Waals surface area contributed by atoms with E-state index in [2.05, 4.69) is 25.9 Å². The maximum atomic E-state index is 13.3. The summed E-state index contributed by atoms with van der Waals surface area (Å²) in [5.74, 6) is -0.0681. The second-order valence-corrected chi connectivity index (χ2v) is 4.66. The highest BCUT2D eigenvalue weighted by Crippen LogP contribution is 2.24. The molecule has 0 saturated carbocycles. The number of nitrogens with one attached hydrogen (secondary N) is 2. The number of hydrogen-bond acceptors (Lipinski definition) is 5. The van der Waals surface area contributed by atoms with Crippen molar-refractivity contribution >= 4 is 33.9 Å². The minimum atomic E-state index is -0.266. The van der Waals surface area contributed by atoms with Crippen molar-refractivity contribution in [2.45, 2.75) is 6.92 Å². The zero-order valence-electron chi connectivity index (χ0n) is 9.78. The Bertz CT molecular complexity index is 659. The van der Waals surface area contributed by atoms with E-state index >= 15 is 0 Å². The summed E-state index contributed by atoms with van der Waals surface area (Å²) in [5, 5.41) is 25.0. The Morgan fingerprint density at radius 1 is 1.58 bits per heavy atom. The number of rotatable bonds is 3. The van der Waals surface area contributed by atoms with Crippen molar-refractivity contribution in [2.24, 2.45) is 0 Å². The Morgan fingerprint density at radius 2 is 2.37 bits per heavy atom. The summed E-state index contributed by atoms with van der Waals surface area (Å²) in [6.07, 6.45) is 1.46. The number of hydrogen-bond donors (Lipinski definition) is 2. The number of H-pyrrole nitrogens is 1. The van der Waals surface area contributed by atoms with Gasteiger partial charge in [-0.2, -0.15) is 10.5 Å². The van der Waals surface area contributed by atoms with Gasteiger partial charge in [0.25, 0.3) is 0 Å². The molecule has 2 N–H and O–H groups in total. The minimum Gasteiger partial charge on any atom is -0.359 e. The van der Waals surface area contributed by atoms with E-state index < -0.39 is 0 Å². The van der Waals surface area contributed by atoms with Crippen LogP contribution in [0.15, 0.2) is 18.3 Å². The molecule has 2 rings (SSSR count). The van der Waals surface area contributed by atoms with Crippen molar-refractivity contribution in [2.75, 3.05) is 5.32 Å². The van der Waals surface area contributed by atoms with Crippen molar-refractivity contribution < 1.29 is 4.39 Å². The third-order valence-corrected chi connectivity index (χ3v) is 3.79. The van der Waals surface area contributed by atoms with Crippen LogP contribution in [0.2, 0.25) is 0 Å². The van der Waals surface area contributed by atoms with E-state index in [1.807, 2.05) is 28.7 Å². The Kier molecular flexibility index (Phi) is 4.06. The zero-order chi connectivity index (χ0) is 13.8. The number of allylic oxidation sites excluding steroid dienone is 1. The second-order valence-electron chi connectivity index (χ2n) is 3.58. The third kappa shape index (κ3) is 2.87. The van der Waals surface area contributed by atoms with Crippen LogP contribution in [0.3, 0.4) is 0 Å². The molecule has 0 aliphatic rings. The van der Waals surface area contributed by atoms with Gasteiger partial charge in [0.15, 0.2) is 0 Å². The van der Waals surface area contributed by atoms with Crippen LogP contribution >= 0.6 is 22.6 Å². The van der Waals surface area contributed by atoms with E-state index in [0.29, 0.717) is 11.3 Å². The Hall–Kier alpha value is -2.02. The summed E-state index contributed by atoms with van der Waals surface area (Å²) < 4.78 is 14.1. The van der Waals surface area contributed by atoms with Crippen LogP contribution in [0.4, 0.5) is 10.1 Å². The Morgan fingerprint density at radius 3 is 3.00 bits per heavy atom. The van der Waals surface area contributed by atoms with Gasteiger partial charge in [0.2, 0.25) is 5.82 Å². The lowest BCUT2D eigenvalue weighted by Gasteiger charge is -2.07. The highest BCUT2D eigenvalue weighted by Gasteiger charge is 2.08. The van der Waals surface area contributed by atoms with Gasteiger partial charge in [-0.1, -0.05) is 0 Å². The molecule has 0 bridgehead atoms. The summed E-state index contributed by atoms with van der Waals surface area (Å²) >= 11 is 2.04. The average Bonchev–Trinajstić information content (AvgIpc) is 2.93. The van der Waals surface area contributed by atoms with Crippen LogP contribution in [0.25, 0.3) is 5.57 Å². The fraction of sp³-hybridized carbons (Fsp3) is 0.0909. The van der Waals surface area contributed by atoms with Gasteiger partial charge in [-0.3, -0.25) is 0 Å². The maximum absolute atomic E-state index is 13.3. The topological polar surface area (TPSA) is 90.3 Å². The van der Waals surface area contributed by atoms with Crippen LogP contribution < -0.4 is 5.32 Å². The smallest absolute Gasteiger partial charge is 0.216 e. The van der Waals surface area contributed by atoms with E-state index in [1.54, 1.807) is 13.0 Å². The summed E-state index contributed by atoms with van der Waals surface area (Å²) in [4.78, 5) is 0. The number of tetrazole rings is 1. The van der Waals surface area contributed by atoms with Gasteiger partial charge >= 0.3 is 0 Å². The molecule has 96 valence electrons. The SMILES string of the molecule is Cc1c(F)ccc(NC=C(C#N)c2nn[nH]n2)c1I. The molecule has 1 heterocycles. The van der Waals surface area contributed by atoms with Gasteiger partial charge < -0.3 is 5.32 Å². The molecule has 0 aliphatic heterocycles. The number of anilines is 1. The molecule has 19 heavy (non-hydrogen) atoms. The first-order valence-corrected chi connectivity index (χ1v) is 6.26. The van der Waals surface area contributed by atoms with E-state index in [9.17, 15) is 4.39 Å². The van der Waals surface area contributed by atoms with Crippen molar-refractivity contribution in [1.82, 2.24) is 20.6 Å². The van der Waals surface area contributed by atoms with Crippen LogP contribution in [-0.4, -0.2) is 20.6 Å². The van der Waals surface area contributed by atoms with Gasteiger partial charge in [0.05, 0.1) is 5.69 Å². The summed E-state index contributed by atoms with van der Waals surface area (Å²) in [7, 11) is 0. The van der Waals surface area contributed by atoms with Crippen LogP contribution in [0.5, 0.6) is 0 Å². The molecule has 6 nitrogen and oxygen atoms in total. The molecule has 0 unspecified atom stereocenters. The zero-order valence-corrected chi connectivity index (χ0v) is 11.9. The van der Waals surface area contributed by atoms with Crippen LogP contribution in [0, 0.1) is 27.6 Å². The Balaban J connectivity index is 2.28. The number of benzene rings is 1. The van der Waals surface area contributed by atoms with Crippen molar-refractivity contribution in [3.63, 3.8) is 0 Å². The van der Waals surface area contributed by atoms with Gasteiger partial charge in [0.1, 0.15) is 17.5 Å². The van der Waals surface area contributed by atoms with Crippen LogP contribution in [0.1, 0.15) is 11.4 Å². The number of nitrogens with zero attached hydrogens (tertiary/aromatic N) is 4. The molecule has 0 radical (unpaired) electrons. The predicted octanol–water partition coefficient (Wildman–Crippen LogP) is 2.23. The van der Waals surface area contributed by atoms with E-state index in [-0.39, 0.29) is 17.2 Å². The molecular weight excluding hydrogens is 362 g/mol. The molecule has 0 amide bonds. The lowest BCUT2D eigenvalue weighted by Crippen LogP contribution is -1.97. The first-order chi connectivity index (χ1) is 9.13. The fourth-order valence-electron chi connectivity index (χ4n) is 1.35. The normalized spacial score (nSPS) is 11.2. The third-order valence-electron chi connectivity index (χ3n) is 2.40. The number of halogens is 2. The first-order valence-electron chi connectivity index (χ1n) is 5.18. The molecule has 1 aromatic carbocycles. The molecule has 2 aromatic rings. The lowest BCUT2D eigenvalue weighted by molar-refractivity contribution is 0.617. The number of nitriles is 1. The fourth-order valence-corrected chi connectivity index (χ4v) is 1.94. The monoisotopic (exact) mass is 370 g/mol. The summed E-state index contributed by atoms with van der Waals surface area (Å²) in [6.45, 7) is 1.69. The number of aromatic amines is 1. The Labute approximate surface area is 121 Å². The van der Waals surface area contributed by atoms with Crippen molar-refractivity contribution in [1.29, 1.82) is 5.26 Å². The molecule has 0 spiro atoms. The molecular formula is C11H8FIN6. The summed E-state index contributed by atoms with van der Waals surface area (Å²) in [5.41, 5.74) is 1.49. The molecule has 8 heteroatoms. The second kappa shape index (κ2) is 5.75. The predicted molar refractivity (Wildman–Crippen MR) is 75.2 cm³/mol. The molecule has 0 atom stereocenters. The summed E-state index contributed by atoms with van der Waals surface area (Å²) in [6, 6.07) is 4.93. The molecule has 0 saturated heterocycles. The van der Waals surface area contributed by atoms with E-state index in [0.717, 1.165) is 3.57 Å². The maximum Gasteiger partial charge on any atom is 0.216 e. The van der Waals surface area contributed by atoms with Gasteiger partial charge in [-0.25, -0.2) is 4.39 Å². The van der Waals surface area contributed by atoms with Gasteiger partial charge in [0, 0.05) is 15.3 Å². The average molecular weight is 370 g/mol.